The van der Waals surface area contributed by atoms with Crippen molar-refractivity contribution in [3.63, 3.8) is 0 Å². The third-order valence-corrected chi connectivity index (χ3v) is 3.26. The number of benzene rings is 2. The predicted molar refractivity (Wildman–Crippen MR) is 74.7 cm³/mol. The van der Waals surface area contributed by atoms with Gasteiger partial charge < -0.3 is 10.5 Å². The van der Waals surface area contributed by atoms with E-state index in [9.17, 15) is 8.78 Å². The zero-order valence-corrected chi connectivity index (χ0v) is 11.7. The molecule has 2 rings (SSSR count). The molecular weight excluding hydrogens is 351 g/mol. The molecule has 0 aliphatic carbocycles. The first kappa shape index (κ1) is 13.1. The lowest BCUT2D eigenvalue weighted by Gasteiger charge is -2.11. The van der Waals surface area contributed by atoms with Gasteiger partial charge >= 0.3 is 0 Å². The van der Waals surface area contributed by atoms with Gasteiger partial charge in [0.25, 0.3) is 0 Å². The number of hydrogen-bond acceptors (Lipinski definition) is 2. The molecule has 0 saturated heterocycles. The fraction of sp³-hybridized carbons (Fsp3) is 0.0769. The first-order chi connectivity index (χ1) is 8.49. The van der Waals surface area contributed by atoms with Crippen LogP contribution in [0, 0.1) is 22.1 Å². The Kier molecular flexibility index (Phi) is 3.70. The van der Waals surface area contributed by atoms with E-state index in [0.29, 0.717) is 9.13 Å². The van der Waals surface area contributed by atoms with Crippen LogP contribution >= 0.6 is 22.6 Å². The van der Waals surface area contributed by atoms with Crippen LogP contribution in [0.3, 0.4) is 0 Å². The molecule has 0 spiro atoms. The molecule has 0 amide bonds. The molecule has 18 heavy (non-hydrogen) atoms. The Bertz CT molecular complexity index is 602. The normalized spacial score (nSPS) is 10.4. The van der Waals surface area contributed by atoms with Crippen LogP contribution in [0.15, 0.2) is 30.3 Å². The van der Waals surface area contributed by atoms with Gasteiger partial charge in [-0.15, -0.1) is 0 Å². The number of halogens is 3. The van der Waals surface area contributed by atoms with Gasteiger partial charge in [0.1, 0.15) is 5.82 Å². The largest absolute Gasteiger partial charge is 0.452 e. The van der Waals surface area contributed by atoms with E-state index >= 15 is 0 Å². The van der Waals surface area contributed by atoms with Gasteiger partial charge in [-0.2, -0.15) is 0 Å². The van der Waals surface area contributed by atoms with Gasteiger partial charge in [0, 0.05) is 6.07 Å². The summed E-state index contributed by atoms with van der Waals surface area (Å²) in [6.07, 6.45) is 0. The molecule has 2 aromatic rings. The highest BCUT2D eigenvalue weighted by molar-refractivity contribution is 14.1. The van der Waals surface area contributed by atoms with Crippen molar-refractivity contribution >= 4 is 28.3 Å². The van der Waals surface area contributed by atoms with Crippen LogP contribution in [0.25, 0.3) is 0 Å². The highest BCUT2D eigenvalue weighted by Crippen LogP contribution is 2.32. The molecule has 0 aromatic heterocycles. The van der Waals surface area contributed by atoms with Crippen LogP contribution in [0.1, 0.15) is 5.56 Å². The molecule has 0 atom stereocenters. The van der Waals surface area contributed by atoms with E-state index in [-0.39, 0.29) is 17.2 Å². The number of rotatable bonds is 2. The molecule has 0 saturated carbocycles. The van der Waals surface area contributed by atoms with Gasteiger partial charge in [-0.1, -0.05) is 12.1 Å². The van der Waals surface area contributed by atoms with Crippen molar-refractivity contribution in [2.45, 2.75) is 6.92 Å². The van der Waals surface area contributed by atoms with Crippen LogP contribution in [0.5, 0.6) is 11.5 Å². The van der Waals surface area contributed by atoms with Gasteiger partial charge in [0.15, 0.2) is 17.3 Å². The first-order valence-corrected chi connectivity index (χ1v) is 6.24. The maximum absolute atomic E-state index is 13.7. The molecule has 2 N–H and O–H groups in total. The average Bonchev–Trinajstić information content (AvgIpc) is 2.32. The predicted octanol–water partition coefficient (Wildman–Crippen LogP) is 4.25. The summed E-state index contributed by atoms with van der Waals surface area (Å²) in [4.78, 5) is 0. The number of nitrogen functional groups attached to an aromatic ring is 1. The van der Waals surface area contributed by atoms with Crippen molar-refractivity contribution in [2.24, 2.45) is 0 Å². The van der Waals surface area contributed by atoms with E-state index in [1.54, 1.807) is 19.1 Å². The smallest absolute Gasteiger partial charge is 0.168 e. The molecule has 0 unspecified atom stereocenters. The Morgan fingerprint density at radius 1 is 1.17 bits per heavy atom. The zero-order chi connectivity index (χ0) is 13.3. The molecule has 5 heteroatoms. The third-order valence-electron chi connectivity index (χ3n) is 2.43. The summed E-state index contributed by atoms with van der Waals surface area (Å²) in [5.41, 5.74) is 6.43. The minimum Gasteiger partial charge on any atom is -0.452 e. The summed E-state index contributed by atoms with van der Waals surface area (Å²) in [5, 5.41) is 0. The lowest BCUT2D eigenvalue weighted by Crippen LogP contribution is -1.97. The van der Waals surface area contributed by atoms with Gasteiger partial charge in [-0.3, -0.25) is 0 Å². The van der Waals surface area contributed by atoms with Crippen molar-refractivity contribution < 1.29 is 13.5 Å². The topological polar surface area (TPSA) is 35.2 Å². The van der Waals surface area contributed by atoms with Crippen LogP contribution < -0.4 is 10.5 Å². The molecule has 0 aliphatic rings. The number of ether oxygens (including phenoxy) is 1. The second kappa shape index (κ2) is 5.09. The second-order valence-corrected chi connectivity index (χ2v) is 4.96. The summed E-state index contributed by atoms with van der Waals surface area (Å²) in [6.45, 7) is 1.63. The summed E-state index contributed by atoms with van der Waals surface area (Å²) in [7, 11) is 0. The second-order valence-electron chi connectivity index (χ2n) is 3.79. The fourth-order valence-corrected chi connectivity index (χ4v) is 1.94. The maximum Gasteiger partial charge on any atom is 0.168 e. The van der Waals surface area contributed by atoms with Crippen molar-refractivity contribution in [3.8, 4) is 11.5 Å². The number of hydrogen-bond donors (Lipinski definition) is 1. The number of aryl methyl sites for hydroxylation is 1. The van der Waals surface area contributed by atoms with Gasteiger partial charge in [-0.05, 0) is 47.2 Å². The van der Waals surface area contributed by atoms with Crippen molar-refractivity contribution in [3.05, 3.63) is 51.1 Å². The van der Waals surface area contributed by atoms with Gasteiger partial charge in [0.2, 0.25) is 0 Å². The van der Waals surface area contributed by atoms with Crippen molar-refractivity contribution in [1.29, 1.82) is 0 Å². The van der Waals surface area contributed by atoms with E-state index in [4.69, 9.17) is 10.5 Å². The van der Waals surface area contributed by atoms with Crippen LogP contribution in [-0.4, -0.2) is 0 Å². The first-order valence-electron chi connectivity index (χ1n) is 5.16. The molecule has 2 aromatic carbocycles. The maximum atomic E-state index is 13.7. The summed E-state index contributed by atoms with van der Waals surface area (Å²) in [5.74, 6) is -0.788. The fourth-order valence-electron chi connectivity index (χ4n) is 1.45. The summed E-state index contributed by atoms with van der Waals surface area (Å²) >= 11 is 1.83. The standard InChI is InChI=1S/C13H10F2INO/c1-7-3-2-4-11(13(7)15)18-12-5-8(14)9(16)6-10(12)17/h2-6H,17H2,1H3. The number of nitrogens with two attached hydrogens (primary N) is 1. The average molecular weight is 361 g/mol. The molecule has 0 bridgehead atoms. The van der Waals surface area contributed by atoms with Gasteiger partial charge in [-0.25, -0.2) is 8.78 Å². The van der Waals surface area contributed by atoms with E-state index in [1.807, 2.05) is 22.6 Å². The number of anilines is 1. The Morgan fingerprint density at radius 3 is 2.61 bits per heavy atom. The monoisotopic (exact) mass is 361 g/mol. The molecule has 94 valence electrons. The highest BCUT2D eigenvalue weighted by atomic mass is 127. The summed E-state index contributed by atoms with van der Waals surface area (Å²) in [6, 6.07) is 7.35. The Morgan fingerprint density at radius 2 is 1.89 bits per heavy atom. The molecular formula is C13H10F2INO. The Hall–Kier alpha value is -1.37. The van der Waals surface area contributed by atoms with E-state index < -0.39 is 11.6 Å². The Labute approximate surface area is 117 Å². The van der Waals surface area contributed by atoms with Crippen molar-refractivity contribution in [1.82, 2.24) is 0 Å². The van der Waals surface area contributed by atoms with Gasteiger partial charge in [0.05, 0.1) is 9.26 Å². The van der Waals surface area contributed by atoms with E-state index in [2.05, 4.69) is 0 Å². The molecule has 0 heterocycles. The highest BCUT2D eigenvalue weighted by Gasteiger charge is 2.11. The van der Waals surface area contributed by atoms with E-state index in [1.165, 1.54) is 12.1 Å². The molecule has 2 nitrogen and oxygen atoms in total. The summed E-state index contributed by atoms with van der Waals surface area (Å²) < 4.78 is 32.8. The minimum absolute atomic E-state index is 0.0299. The molecule has 0 aliphatic heterocycles. The molecule has 0 radical (unpaired) electrons. The Balaban J connectivity index is 2.40. The quantitative estimate of drug-likeness (QED) is 0.641. The van der Waals surface area contributed by atoms with Crippen LogP contribution in [0.2, 0.25) is 0 Å². The zero-order valence-electron chi connectivity index (χ0n) is 9.51. The van der Waals surface area contributed by atoms with Crippen molar-refractivity contribution in [2.75, 3.05) is 5.73 Å². The van der Waals surface area contributed by atoms with E-state index in [0.717, 1.165) is 6.07 Å². The van der Waals surface area contributed by atoms with Crippen LogP contribution in [0.4, 0.5) is 14.5 Å². The minimum atomic E-state index is -0.476. The molecule has 0 fully saturated rings. The lowest BCUT2D eigenvalue weighted by atomic mass is 10.2. The SMILES string of the molecule is Cc1cccc(Oc2cc(F)c(I)cc2N)c1F. The third kappa shape index (κ3) is 2.55. The lowest BCUT2D eigenvalue weighted by molar-refractivity contribution is 0.438. The van der Waals surface area contributed by atoms with Crippen LogP contribution in [-0.2, 0) is 0 Å².